The maximum atomic E-state index is 14.6. The first kappa shape index (κ1) is 18.6. The Morgan fingerprint density at radius 3 is 2.86 bits per heavy atom. The van der Waals surface area contributed by atoms with Gasteiger partial charge in [0.1, 0.15) is 23.5 Å². The highest BCUT2D eigenvalue weighted by molar-refractivity contribution is 6.31. The van der Waals surface area contributed by atoms with Crippen molar-refractivity contribution in [2.45, 2.75) is 19.8 Å². The van der Waals surface area contributed by atoms with Gasteiger partial charge >= 0.3 is 5.97 Å². The molecule has 1 aliphatic rings. The molecule has 0 amide bonds. The minimum Gasteiger partial charge on any atom is -0.481 e. The second-order valence-electron chi connectivity index (χ2n) is 7.10. The lowest BCUT2D eigenvalue weighted by molar-refractivity contribution is -0.141. The van der Waals surface area contributed by atoms with Crippen LogP contribution in [0.3, 0.4) is 0 Å². The number of carboxylic acid groups (broad SMARTS) is 1. The Kier molecular flexibility index (Phi) is 4.89. The quantitative estimate of drug-likeness (QED) is 0.691. The van der Waals surface area contributed by atoms with Crippen molar-refractivity contribution in [2.75, 3.05) is 18.0 Å². The lowest BCUT2D eigenvalue weighted by Gasteiger charge is -2.32. The molecule has 0 spiro atoms. The van der Waals surface area contributed by atoms with Crippen LogP contribution in [-0.4, -0.2) is 34.1 Å². The topological polar surface area (TPSA) is 66.3 Å². The molecule has 2 aromatic carbocycles. The third-order valence-corrected chi connectivity index (χ3v) is 5.68. The van der Waals surface area contributed by atoms with Crippen molar-refractivity contribution in [1.29, 1.82) is 0 Å². The lowest BCUT2D eigenvalue weighted by Crippen LogP contribution is -2.39. The number of aliphatic carboxylic acids is 1. The van der Waals surface area contributed by atoms with E-state index in [4.69, 9.17) is 11.6 Å². The smallest absolute Gasteiger partial charge is 0.308 e. The van der Waals surface area contributed by atoms with Crippen LogP contribution in [0.1, 0.15) is 18.4 Å². The van der Waals surface area contributed by atoms with Gasteiger partial charge < -0.3 is 10.0 Å². The summed E-state index contributed by atoms with van der Waals surface area (Å²) in [5, 5.41) is 10.7. The number of carboxylic acids is 1. The summed E-state index contributed by atoms with van der Waals surface area (Å²) in [4.78, 5) is 22.0. The zero-order chi connectivity index (χ0) is 19.8. The molecule has 1 aromatic heterocycles. The fourth-order valence-corrected chi connectivity index (χ4v) is 3.91. The summed E-state index contributed by atoms with van der Waals surface area (Å²) >= 11 is 6.16. The van der Waals surface area contributed by atoms with Gasteiger partial charge in [0.05, 0.1) is 11.3 Å². The highest BCUT2D eigenvalue weighted by Crippen LogP contribution is 2.37. The molecule has 0 unspecified atom stereocenters. The van der Waals surface area contributed by atoms with Crippen LogP contribution in [0.15, 0.2) is 36.7 Å². The van der Waals surface area contributed by atoms with Gasteiger partial charge in [-0.3, -0.25) is 4.79 Å². The van der Waals surface area contributed by atoms with Crippen LogP contribution in [0.4, 0.5) is 10.2 Å². The molecule has 5 nitrogen and oxygen atoms in total. The molecule has 1 N–H and O–H groups in total. The van der Waals surface area contributed by atoms with Gasteiger partial charge in [-0.15, -0.1) is 0 Å². The Balaban J connectivity index is 1.91. The van der Waals surface area contributed by atoms with Crippen molar-refractivity contribution in [3.63, 3.8) is 0 Å². The summed E-state index contributed by atoms with van der Waals surface area (Å²) in [6, 6.07) is 8.75. The fraction of sp³-hybridized carbons (Fsp3) is 0.286. The summed E-state index contributed by atoms with van der Waals surface area (Å²) < 4.78 is 14.6. The standard InChI is InChI=1S/C21H19ClFN3O2/c1-12-9-13(4-6-16(12)22)15-5-7-17(23)19-18(15)20(25-11-24-19)26-8-2-3-14(10-26)21(27)28/h4-7,9,11,14H,2-3,8,10H2,1H3,(H,27,28)/t14-/m0/s1. The summed E-state index contributed by atoms with van der Waals surface area (Å²) in [6.45, 7) is 2.93. The van der Waals surface area contributed by atoms with E-state index in [1.165, 1.54) is 12.4 Å². The Morgan fingerprint density at radius 2 is 2.11 bits per heavy atom. The summed E-state index contributed by atoms with van der Waals surface area (Å²) in [5.41, 5.74) is 2.82. The number of aromatic nitrogens is 2. The van der Waals surface area contributed by atoms with Gasteiger partial charge in [-0.1, -0.05) is 23.7 Å². The number of benzene rings is 2. The number of hydrogen-bond donors (Lipinski definition) is 1. The van der Waals surface area contributed by atoms with Crippen LogP contribution < -0.4 is 4.90 Å². The summed E-state index contributed by atoms with van der Waals surface area (Å²) in [7, 11) is 0. The van der Waals surface area contributed by atoms with E-state index in [9.17, 15) is 14.3 Å². The van der Waals surface area contributed by atoms with Crippen molar-refractivity contribution in [1.82, 2.24) is 9.97 Å². The Bertz CT molecular complexity index is 1070. The normalized spacial score (nSPS) is 17.1. The van der Waals surface area contributed by atoms with Gasteiger partial charge in [-0.25, -0.2) is 14.4 Å². The average Bonchev–Trinajstić information content (AvgIpc) is 2.70. The van der Waals surface area contributed by atoms with Crippen LogP contribution in [-0.2, 0) is 4.79 Å². The number of piperidine rings is 1. The predicted molar refractivity (Wildman–Crippen MR) is 107 cm³/mol. The number of rotatable bonds is 3. The Morgan fingerprint density at radius 1 is 1.29 bits per heavy atom. The molecular formula is C21H19ClFN3O2. The van der Waals surface area contributed by atoms with Crippen molar-refractivity contribution < 1.29 is 14.3 Å². The van der Waals surface area contributed by atoms with Crippen LogP contribution >= 0.6 is 11.6 Å². The van der Waals surface area contributed by atoms with E-state index in [1.807, 2.05) is 30.0 Å². The number of halogens is 2. The van der Waals surface area contributed by atoms with E-state index >= 15 is 0 Å². The number of fused-ring (bicyclic) bond motifs is 1. The average molecular weight is 400 g/mol. The van der Waals surface area contributed by atoms with E-state index < -0.39 is 17.7 Å². The van der Waals surface area contributed by atoms with Crippen molar-refractivity contribution >= 4 is 34.3 Å². The summed E-state index contributed by atoms with van der Waals surface area (Å²) in [6.07, 6.45) is 2.71. The van der Waals surface area contributed by atoms with E-state index in [2.05, 4.69) is 9.97 Å². The maximum absolute atomic E-state index is 14.6. The molecule has 0 saturated carbocycles. The molecular weight excluding hydrogens is 381 g/mol. The molecule has 28 heavy (non-hydrogen) atoms. The minimum absolute atomic E-state index is 0.229. The molecule has 4 rings (SSSR count). The number of anilines is 1. The number of aryl methyl sites for hydroxylation is 1. The second kappa shape index (κ2) is 7.36. The molecule has 1 saturated heterocycles. The van der Waals surface area contributed by atoms with E-state index in [0.29, 0.717) is 35.7 Å². The van der Waals surface area contributed by atoms with Crippen LogP contribution in [0, 0.1) is 18.7 Å². The highest BCUT2D eigenvalue weighted by atomic mass is 35.5. The predicted octanol–water partition coefficient (Wildman–Crippen LogP) is 4.70. The van der Waals surface area contributed by atoms with Crippen LogP contribution in [0.2, 0.25) is 5.02 Å². The van der Waals surface area contributed by atoms with Gasteiger partial charge in [0.15, 0.2) is 0 Å². The molecule has 3 aromatic rings. The number of nitrogens with zero attached hydrogens (tertiary/aromatic N) is 3. The first-order valence-electron chi connectivity index (χ1n) is 9.13. The van der Waals surface area contributed by atoms with E-state index in [0.717, 1.165) is 23.1 Å². The monoisotopic (exact) mass is 399 g/mol. The van der Waals surface area contributed by atoms with Gasteiger partial charge in [0.2, 0.25) is 0 Å². The maximum Gasteiger partial charge on any atom is 0.308 e. The molecule has 1 atom stereocenters. The molecule has 2 heterocycles. The molecule has 0 bridgehead atoms. The second-order valence-corrected chi connectivity index (χ2v) is 7.51. The van der Waals surface area contributed by atoms with E-state index in [-0.39, 0.29) is 5.52 Å². The molecule has 1 fully saturated rings. The molecule has 0 radical (unpaired) electrons. The highest BCUT2D eigenvalue weighted by Gasteiger charge is 2.28. The largest absolute Gasteiger partial charge is 0.481 e. The third-order valence-electron chi connectivity index (χ3n) is 5.26. The SMILES string of the molecule is Cc1cc(-c2ccc(F)c3ncnc(N4CCC[C@H](C(=O)O)C4)c23)ccc1Cl. The lowest BCUT2D eigenvalue weighted by atomic mass is 9.96. The third kappa shape index (κ3) is 3.29. The van der Waals surface area contributed by atoms with Gasteiger partial charge in [-0.2, -0.15) is 0 Å². The summed E-state index contributed by atoms with van der Waals surface area (Å²) in [5.74, 6) is -1.14. The Hall–Kier alpha value is -2.73. The fourth-order valence-electron chi connectivity index (χ4n) is 3.79. The van der Waals surface area contributed by atoms with Gasteiger partial charge in [0.25, 0.3) is 0 Å². The van der Waals surface area contributed by atoms with E-state index in [1.54, 1.807) is 6.07 Å². The molecule has 0 aliphatic carbocycles. The van der Waals surface area contributed by atoms with Gasteiger partial charge in [-0.05, 0) is 54.7 Å². The van der Waals surface area contributed by atoms with Crippen molar-refractivity contribution in [2.24, 2.45) is 5.92 Å². The number of hydrogen-bond acceptors (Lipinski definition) is 4. The first-order valence-corrected chi connectivity index (χ1v) is 9.51. The Labute approximate surface area is 166 Å². The zero-order valence-electron chi connectivity index (χ0n) is 15.3. The van der Waals surface area contributed by atoms with Crippen molar-refractivity contribution in [3.05, 3.63) is 53.1 Å². The first-order chi connectivity index (χ1) is 13.5. The van der Waals surface area contributed by atoms with Gasteiger partial charge in [0, 0.05) is 18.1 Å². The molecule has 7 heteroatoms. The molecule has 1 aliphatic heterocycles. The minimum atomic E-state index is -0.817. The van der Waals surface area contributed by atoms with Crippen molar-refractivity contribution in [3.8, 4) is 11.1 Å². The number of carbonyl (C=O) groups is 1. The van der Waals surface area contributed by atoms with Crippen LogP contribution in [0.5, 0.6) is 0 Å². The molecule has 144 valence electrons. The zero-order valence-corrected chi connectivity index (χ0v) is 16.1. The van der Waals surface area contributed by atoms with Crippen LogP contribution in [0.25, 0.3) is 22.0 Å².